The van der Waals surface area contributed by atoms with Gasteiger partial charge in [0.1, 0.15) is 0 Å². The topological polar surface area (TPSA) is 57.6 Å². The minimum atomic E-state index is -0.684. The van der Waals surface area contributed by atoms with E-state index >= 15 is 0 Å². The molecule has 0 aliphatic heterocycles. The van der Waals surface area contributed by atoms with Crippen LogP contribution in [0.5, 0.6) is 0 Å². The van der Waals surface area contributed by atoms with Crippen LogP contribution in [-0.4, -0.2) is 35.0 Å². The summed E-state index contributed by atoms with van der Waals surface area (Å²) in [6, 6.07) is 0.263. The molecular formula is C13H21NO3. The molecule has 0 radical (unpaired) electrons. The number of hydrogen-bond acceptors (Lipinski definition) is 2. The second-order valence-electron chi connectivity index (χ2n) is 5.42. The summed E-state index contributed by atoms with van der Waals surface area (Å²) in [4.78, 5) is 24.8. The van der Waals surface area contributed by atoms with Crippen LogP contribution in [0.3, 0.4) is 0 Å². The Balaban J connectivity index is 1.83. The molecule has 0 saturated heterocycles. The molecule has 0 aromatic rings. The zero-order valence-electron chi connectivity index (χ0n) is 10.4. The summed E-state index contributed by atoms with van der Waals surface area (Å²) in [6.45, 7) is 0. The average molecular weight is 239 g/mol. The maximum absolute atomic E-state index is 12.0. The van der Waals surface area contributed by atoms with E-state index in [9.17, 15) is 9.59 Å². The van der Waals surface area contributed by atoms with Crippen molar-refractivity contribution in [2.75, 3.05) is 7.05 Å². The number of carbonyl (C=O) groups excluding carboxylic acids is 1. The van der Waals surface area contributed by atoms with Gasteiger partial charge in [-0.1, -0.05) is 6.42 Å². The molecule has 0 spiro atoms. The van der Waals surface area contributed by atoms with E-state index in [4.69, 9.17) is 5.11 Å². The molecule has 2 saturated carbocycles. The first-order chi connectivity index (χ1) is 8.09. The van der Waals surface area contributed by atoms with Crippen molar-refractivity contribution in [3.63, 3.8) is 0 Å². The van der Waals surface area contributed by atoms with Gasteiger partial charge in [-0.05, 0) is 38.5 Å². The minimum Gasteiger partial charge on any atom is -0.481 e. The average Bonchev–Trinajstić information content (AvgIpc) is 2.25. The van der Waals surface area contributed by atoms with E-state index in [1.165, 1.54) is 6.42 Å². The Kier molecular flexibility index (Phi) is 3.69. The van der Waals surface area contributed by atoms with Gasteiger partial charge < -0.3 is 10.0 Å². The lowest BCUT2D eigenvalue weighted by atomic mass is 9.82. The molecule has 0 heterocycles. The first-order valence-corrected chi connectivity index (χ1v) is 6.59. The molecule has 1 amide bonds. The zero-order chi connectivity index (χ0) is 12.4. The van der Waals surface area contributed by atoms with Crippen LogP contribution in [0.1, 0.15) is 44.9 Å². The van der Waals surface area contributed by atoms with E-state index in [1.807, 2.05) is 11.9 Å². The lowest BCUT2D eigenvalue weighted by Gasteiger charge is -2.37. The molecule has 2 aliphatic carbocycles. The zero-order valence-corrected chi connectivity index (χ0v) is 10.4. The standard InChI is InChI=1S/C13H21NO3/c1-14(12(15)9-3-2-4-9)11-7-5-10(6-8-11)13(16)17/h9-11H,2-8H2,1H3,(H,16,17). The number of rotatable bonds is 3. The Morgan fingerprint density at radius 1 is 1.00 bits per heavy atom. The van der Waals surface area contributed by atoms with Crippen molar-refractivity contribution in [3.8, 4) is 0 Å². The maximum atomic E-state index is 12.0. The van der Waals surface area contributed by atoms with Crippen LogP contribution in [0.25, 0.3) is 0 Å². The van der Waals surface area contributed by atoms with E-state index in [1.54, 1.807) is 0 Å². The molecule has 1 N–H and O–H groups in total. The fourth-order valence-electron chi connectivity index (χ4n) is 2.83. The molecule has 0 aromatic carbocycles. The van der Waals surface area contributed by atoms with Gasteiger partial charge in [-0.15, -0.1) is 0 Å². The summed E-state index contributed by atoms with van der Waals surface area (Å²) >= 11 is 0. The Morgan fingerprint density at radius 2 is 1.59 bits per heavy atom. The number of nitrogens with zero attached hydrogens (tertiary/aromatic N) is 1. The van der Waals surface area contributed by atoms with E-state index in [2.05, 4.69) is 0 Å². The summed E-state index contributed by atoms with van der Waals surface area (Å²) in [7, 11) is 1.88. The molecule has 2 fully saturated rings. The van der Waals surface area contributed by atoms with Crippen LogP contribution in [-0.2, 0) is 9.59 Å². The lowest BCUT2D eigenvalue weighted by Crippen LogP contribution is -2.44. The monoisotopic (exact) mass is 239 g/mol. The summed E-state index contributed by atoms with van der Waals surface area (Å²) in [6.07, 6.45) is 6.35. The molecule has 2 rings (SSSR count). The number of hydrogen-bond donors (Lipinski definition) is 1. The Hall–Kier alpha value is -1.06. The van der Waals surface area contributed by atoms with Crippen LogP contribution in [0.15, 0.2) is 0 Å². The smallest absolute Gasteiger partial charge is 0.306 e. The highest BCUT2D eigenvalue weighted by Crippen LogP contribution is 2.32. The number of carboxylic acids is 1. The predicted octanol–water partition coefficient (Wildman–Crippen LogP) is 1.89. The van der Waals surface area contributed by atoms with Gasteiger partial charge in [0.25, 0.3) is 0 Å². The van der Waals surface area contributed by atoms with Gasteiger partial charge in [-0.2, -0.15) is 0 Å². The molecule has 4 nitrogen and oxygen atoms in total. The van der Waals surface area contributed by atoms with E-state index in [0.717, 1.165) is 25.7 Å². The summed E-state index contributed by atoms with van der Waals surface area (Å²) in [5, 5.41) is 8.93. The SMILES string of the molecule is CN(C(=O)C1CCC1)C1CCC(C(=O)O)CC1. The largest absolute Gasteiger partial charge is 0.481 e. The highest BCUT2D eigenvalue weighted by Gasteiger charge is 2.34. The van der Waals surface area contributed by atoms with Crippen LogP contribution >= 0.6 is 0 Å². The second-order valence-corrected chi connectivity index (χ2v) is 5.42. The molecule has 0 atom stereocenters. The van der Waals surface area contributed by atoms with Crippen LogP contribution < -0.4 is 0 Å². The van der Waals surface area contributed by atoms with E-state index in [0.29, 0.717) is 12.8 Å². The first-order valence-electron chi connectivity index (χ1n) is 6.59. The van der Waals surface area contributed by atoms with Gasteiger partial charge in [0.2, 0.25) is 5.91 Å². The van der Waals surface area contributed by atoms with Crippen molar-refractivity contribution in [3.05, 3.63) is 0 Å². The van der Waals surface area contributed by atoms with Crippen molar-refractivity contribution in [2.45, 2.75) is 51.0 Å². The van der Waals surface area contributed by atoms with Crippen molar-refractivity contribution in [1.29, 1.82) is 0 Å². The fourth-order valence-corrected chi connectivity index (χ4v) is 2.83. The van der Waals surface area contributed by atoms with Crippen molar-refractivity contribution in [2.24, 2.45) is 11.8 Å². The number of carbonyl (C=O) groups is 2. The van der Waals surface area contributed by atoms with Gasteiger partial charge >= 0.3 is 5.97 Å². The van der Waals surface area contributed by atoms with Crippen LogP contribution in [0.2, 0.25) is 0 Å². The number of aliphatic carboxylic acids is 1. The normalized spacial score (nSPS) is 29.5. The van der Waals surface area contributed by atoms with Gasteiger partial charge in [0.15, 0.2) is 0 Å². The third kappa shape index (κ3) is 2.61. The third-order valence-corrected chi connectivity index (χ3v) is 4.40. The highest BCUT2D eigenvalue weighted by atomic mass is 16.4. The van der Waals surface area contributed by atoms with E-state index in [-0.39, 0.29) is 23.8 Å². The number of carboxylic acid groups (broad SMARTS) is 1. The maximum Gasteiger partial charge on any atom is 0.306 e. The molecule has 17 heavy (non-hydrogen) atoms. The van der Waals surface area contributed by atoms with Crippen LogP contribution in [0, 0.1) is 11.8 Å². The molecule has 0 bridgehead atoms. The predicted molar refractivity (Wildman–Crippen MR) is 63.5 cm³/mol. The molecule has 0 unspecified atom stereocenters. The molecule has 96 valence electrons. The molecule has 4 heteroatoms. The molecule has 0 aromatic heterocycles. The van der Waals surface area contributed by atoms with Crippen molar-refractivity contribution in [1.82, 2.24) is 4.90 Å². The fraction of sp³-hybridized carbons (Fsp3) is 0.846. The quantitative estimate of drug-likeness (QED) is 0.818. The molecule has 2 aliphatic rings. The second kappa shape index (κ2) is 5.07. The Bertz CT molecular complexity index is 304. The first kappa shape index (κ1) is 12.4. The van der Waals surface area contributed by atoms with Gasteiger partial charge in [0, 0.05) is 19.0 Å². The Morgan fingerprint density at radius 3 is 2.00 bits per heavy atom. The minimum absolute atomic E-state index is 0.196. The number of amides is 1. The van der Waals surface area contributed by atoms with Gasteiger partial charge in [0.05, 0.1) is 5.92 Å². The van der Waals surface area contributed by atoms with Gasteiger partial charge in [-0.25, -0.2) is 0 Å². The summed E-state index contributed by atoms with van der Waals surface area (Å²) in [5.74, 6) is -0.359. The summed E-state index contributed by atoms with van der Waals surface area (Å²) in [5.41, 5.74) is 0. The lowest BCUT2D eigenvalue weighted by molar-refractivity contribution is -0.144. The molecular weight excluding hydrogens is 218 g/mol. The summed E-state index contributed by atoms with van der Waals surface area (Å²) < 4.78 is 0. The van der Waals surface area contributed by atoms with E-state index < -0.39 is 5.97 Å². The van der Waals surface area contributed by atoms with Crippen LogP contribution in [0.4, 0.5) is 0 Å². The van der Waals surface area contributed by atoms with Crippen molar-refractivity contribution >= 4 is 11.9 Å². The highest BCUT2D eigenvalue weighted by molar-refractivity contribution is 5.79. The third-order valence-electron chi connectivity index (χ3n) is 4.40. The van der Waals surface area contributed by atoms with Crippen molar-refractivity contribution < 1.29 is 14.7 Å². The Labute approximate surface area is 102 Å². The van der Waals surface area contributed by atoms with Gasteiger partial charge in [-0.3, -0.25) is 9.59 Å².